The number of aromatic nitrogens is 1. The first kappa shape index (κ1) is 19.4. The molecule has 2 aromatic rings. The van der Waals surface area contributed by atoms with Gasteiger partial charge in [-0.2, -0.15) is 0 Å². The van der Waals surface area contributed by atoms with Crippen molar-refractivity contribution in [1.29, 1.82) is 0 Å². The number of guanidine groups is 1. The number of nitrogens with one attached hydrogen (secondary N) is 2. The van der Waals surface area contributed by atoms with E-state index in [-0.39, 0.29) is 5.82 Å². The van der Waals surface area contributed by atoms with Gasteiger partial charge in [-0.05, 0) is 43.9 Å². The molecule has 0 bridgehead atoms. The van der Waals surface area contributed by atoms with Gasteiger partial charge in [0.1, 0.15) is 12.4 Å². The molecular formula is C18H24BrFN4O. The maximum Gasteiger partial charge on any atom is 0.191 e. The molecule has 0 saturated heterocycles. The molecule has 0 spiro atoms. The first-order chi connectivity index (χ1) is 12.1. The third-order valence-electron chi connectivity index (χ3n) is 3.64. The van der Waals surface area contributed by atoms with E-state index in [1.807, 2.05) is 32.0 Å². The van der Waals surface area contributed by atoms with Gasteiger partial charge < -0.3 is 15.2 Å². The lowest BCUT2D eigenvalue weighted by atomic mass is 10.1. The van der Waals surface area contributed by atoms with E-state index in [9.17, 15) is 4.39 Å². The number of rotatable bonds is 8. The summed E-state index contributed by atoms with van der Waals surface area (Å²) in [5, 5.41) is 10.4. The average Bonchev–Trinajstić information content (AvgIpc) is 3.06. The largest absolute Gasteiger partial charge is 0.359 e. The van der Waals surface area contributed by atoms with Crippen molar-refractivity contribution in [3.8, 4) is 0 Å². The highest BCUT2D eigenvalue weighted by atomic mass is 79.9. The van der Waals surface area contributed by atoms with Gasteiger partial charge in [-0.1, -0.05) is 34.1 Å². The monoisotopic (exact) mass is 410 g/mol. The third kappa shape index (κ3) is 6.49. The molecule has 0 saturated carbocycles. The zero-order valence-corrected chi connectivity index (χ0v) is 16.2. The van der Waals surface area contributed by atoms with E-state index in [1.54, 1.807) is 0 Å². The molecular weight excluding hydrogens is 387 g/mol. The number of benzene rings is 1. The van der Waals surface area contributed by atoms with Crippen LogP contribution in [0.15, 0.2) is 38.3 Å². The van der Waals surface area contributed by atoms with Crippen LogP contribution in [0.4, 0.5) is 4.39 Å². The van der Waals surface area contributed by atoms with Gasteiger partial charge in [0.2, 0.25) is 0 Å². The molecule has 136 valence electrons. The topological polar surface area (TPSA) is 62.5 Å². The van der Waals surface area contributed by atoms with Gasteiger partial charge in [0, 0.05) is 23.6 Å². The van der Waals surface area contributed by atoms with E-state index < -0.39 is 0 Å². The predicted molar refractivity (Wildman–Crippen MR) is 101 cm³/mol. The second kappa shape index (κ2) is 10.2. The molecule has 1 aromatic heterocycles. The lowest BCUT2D eigenvalue weighted by Crippen LogP contribution is -2.37. The van der Waals surface area contributed by atoms with Crippen molar-refractivity contribution in [3.05, 3.63) is 51.6 Å². The lowest BCUT2D eigenvalue weighted by molar-refractivity contribution is 0.379. The van der Waals surface area contributed by atoms with Crippen LogP contribution in [0.1, 0.15) is 37.3 Å². The summed E-state index contributed by atoms with van der Waals surface area (Å²) in [5.74, 6) is 1.28. The highest BCUT2D eigenvalue weighted by Crippen LogP contribution is 2.16. The van der Waals surface area contributed by atoms with Crippen LogP contribution in [0.3, 0.4) is 0 Å². The van der Waals surface area contributed by atoms with Crippen LogP contribution < -0.4 is 10.6 Å². The molecule has 0 atom stereocenters. The van der Waals surface area contributed by atoms with Gasteiger partial charge in [0.15, 0.2) is 11.7 Å². The quantitative estimate of drug-likeness (QED) is 0.394. The molecule has 0 unspecified atom stereocenters. The van der Waals surface area contributed by atoms with Crippen LogP contribution in [0.2, 0.25) is 0 Å². The Morgan fingerprint density at radius 2 is 2.12 bits per heavy atom. The smallest absolute Gasteiger partial charge is 0.191 e. The Kier molecular flexibility index (Phi) is 7.91. The van der Waals surface area contributed by atoms with Crippen molar-refractivity contribution >= 4 is 21.9 Å². The Morgan fingerprint density at radius 3 is 2.80 bits per heavy atom. The first-order valence-electron chi connectivity index (χ1n) is 8.53. The predicted octanol–water partition coefficient (Wildman–Crippen LogP) is 3.83. The summed E-state index contributed by atoms with van der Waals surface area (Å²) in [6, 6.07) is 7.09. The molecule has 0 amide bonds. The van der Waals surface area contributed by atoms with Crippen molar-refractivity contribution in [2.24, 2.45) is 4.99 Å². The highest BCUT2D eigenvalue weighted by molar-refractivity contribution is 9.10. The number of aryl methyl sites for hydroxylation is 2. The van der Waals surface area contributed by atoms with Crippen molar-refractivity contribution < 1.29 is 8.91 Å². The maximum atomic E-state index is 13.8. The van der Waals surface area contributed by atoms with Gasteiger partial charge in [-0.25, -0.2) is 9.38 Å². The molecule has 0 aliphatic rings. The minimum Gasteiger partial charge on any atom is -0.359 e. The van der Waals surface area contributed by atoms with E-state index in [2.05, 4.69) is 36.7 Å². The second-order valence-corrected chi connectivity index (χ2v) is 6.52. The van der Waals surface area contributed by atoms with Crippen molar-refractivity contribution in [3.63, 3.8) is 0 Å². The lowest BCUT2D eigenvalue weighted by Gasteiger charge is -2.11. The average molecular weight is 411 g/mol. The first-order valence-corrected chi connectivity index (χ1v) is 9.32. The van der Waals surface area contributed by atoms with Gasteiger partial charge in [-0.3, -0.25) is 0 Å². The van der Waals surface area contributed by atoms with Gasteiger partial charge in [0.25, 0.3) is 0 Å². The molecule has 0 aliphatic carbocycles. The number of nitrogens with zero attached hydrogens (tertiary/aromatic N) is 2. The van der Waals surface area contributed by atoms with Crippen LogP contribution in [0.5, 0.6) is 0 Å². The summed E-state index contributed by atoms with van der Waals surface area (Å²) >= 11 is 3.27. The van der Waals surface area contributed by atoms with E-state index in [1.165, 1.54) is 6.07 Å². The molecule has 1 heterocycles. The number of halogens is 2. The highest BCUT2D eigenvalue weighted by Gasteiger charge is 2.05. The van der Waals surface area contributed by atoms with Crippen LogP contribution in [-0.2, 0) is 19.4 Å². The summed E-state index contributed by atoms with van der Waals surface area (Å²) in [4.78, 5) is 4.49. The van der Waals surface area contributed by atoms with Crippen LogP contribution in [0, 0.1) is 5.82 Å². The second-order valence-electron chi connectivity index (χ2n) is 5.60. The van der Waals surface area contributed by atoms with Gasteiger partial charge in [-0.15, -0.1) is 0 Å². The molecule has 0 fully saturated rings. The number of hydrogen-bond donors (Lipinski definition) is 2. The fourth-order valence-electron chi connectivity index (χ4n) is 2.31. The van der Waals surface area contributed by atoms with Crippen LogP contribution in [0.25, 0.3) is 0 Å². The standard InChI is InChI=1S/C18H24BrFN4O/c1-3-15-11-16(25-24-15)12-23-18(21-4-2)22-9-5-6-13-7-8-14(19)10-17(13)20/h7-8,10-11H,3-6,9,12H2,1-2H3,(H2,21,22,23). The summed E-state index contributed by atoms with van der Waals surface area (Å²) in [7, 11) is 0. The minimum absolute atomic E-state index is 0.174. The molecule has 0 aliphatic heterocycles. The third-order valence-corrected chi connectivity index (χ3v) is 4.13. The molecule has 2 N–H and O–H groups in total. The minimum atomic E-state index is -0.174. The fourth-order valence-corrected chi connectivity index (χ4v) is 2.64. The molecule has 5 nitrogen and oxygen atoms in total. The summed E-state index contributed by atoms with van der Waals surface area (Å²) in [5.41, 5.74) is 1.65. The Labute approximate surface area is 156 Å². The van der Waals surface area contributed by atoms with Gasteiger partial charge in [0.05, 0.1) is 5.69 Å². The molecule has 2 rings (SSSR count). The summed E-state index contributed by atoms with van der Waals surface area (Å²) < 4.78 is 19.8. The van der Waals surface area contributed by atoms with Crippen LogP contribution >= 0.6 is 15.9 Å². The number of aliphatic imine (C=N–C) groups is 1. The summed E-state index contributed by atoms with van der Waals surface area (Å²) in [6.07, 6.45) is 2.33. The molecule has 1 aromatic carbocycles. The maximum absolute atomic E-state index is 13.8. The Bertz CT molecular complexity index is 702. The summed E-state index contributed by atoms with van der Waals surface area (Å²) in [6.45, 7) is 5.95. The normalized spacial score (nSPS) is 11.6. The van der Waals surface area contributed by atoms with Crippen molar-refractivity contribution in [1.82, 2.24) is 15.8 Å². The number of hydrogen-bond acceptors (Lipinski definition) is 3. The van der Waals surface area contributed by atoms with E-state index >= 15 is 0 Å². The zero-order chi connectivity index (χ0) is 18.1. The van der Waals surface area contributed by atoms with Crippen LogP contribution in [-0.4, -0.2) is 24.2 Å². The van der Waals surface area contributed by atoms with E-state index in [0.717, 1.165) is 40.9 Å². The van der Waals surface area contributed by atoms with Crippen molar-refractivity contribution in [2.75, 3.05) is 13.1 Å². The van der Waals surface area contributed by atoms with Crippen molar-refractivity contribution in [2.45, 2.75) is 39.7 Å². The van der Waals surface area contributed by atoms with Gasteiger partial charge >= 0.3 is 0 Å². The van der Waals surface area contributed by atoms with E-state index in [0.29, 0.717) is 25.5 Å². The van der Waals surface area contributed by atoms with E-state index in [4.69, 9.17) is 4.52 Å². The molecule has 25 heavy (non-hydrogen) atoms. The Hall–Kier alpha value is -1.89. The SMILES string of the molecule is CCNC(=NCc1cc(CC)no1)NCCCc1ccc(Br)cc1F. The zero-order valence-electron chi connectivity index (χ0n) is 14.6. The Balaban J connectivity index is 1.81. The fraction of sp³-hybridized carbons (Fsp3) is 0.444. The Morgan fingerprint density at radius 1 is 1.28 bits per heavy atom. The molecule has 7 heteroatoms. The molecule has 0 radical (unpaired) electrons.